The van der Waals surface area contributed by atoms with Crippen LogP contribution >= 0.6 is 0 Å². The van der Waals surface area contributed by atoms with Gasteiger partial charge in [0.15, 0.2) is 0 Å². The number of carbonyl (C=O) groups excluding carboxylic acids is 1. The van der Waals surface area contributed by atoms with E-state index in [2.05, 4.69) is 69.1 Å². The van der Waals surface area contributed by atoms with E-state index >= 15 is 0 Å². The standard InChI is InChI=1S/C22H30N10O2/c1-21(2)9-14(10-22(3,4)29-21)26-19-17(18(23)33)11-24-20(28-19)27-13-6-15(8-16(7-13)34-5)32-12-25-30-31-32/h6-8,11-12,14,29H,9-10H2,1-5H3,(H2,23,33)(H2,24,26,27,28). The van der Waals surface area contributed by atoms with Gasteiger partial charge in [-0.25, -0.2) is 9.67 Å². The van der Waals surface area contributed by atoms with Gasteiger partial charge >= 0.3 is 0 Å². The lowest BCUT2D eigenvalue weighted by atomic mass is 9.79. The van der Waals surface area contributed by atoms with Crippen molar-refractivity contribution < 1.29 is 9.53 Å². The van der Waals surface area contributed by atoms with Crippen LogP contribution in [0.1, 0.15) is 50.9 Å². The lowest BCUT2D eigenvalue weighted by Crippen LogP contribution is -2.60. The zero-order valence-electron chi connectivity index (χ0n) is 20.0. The van der Waals surface area contributed by atoms with Crippen LogP contribution in [0.2, 0.25) is 0 Å². The van der Waals surface area contributed by atoms with Crippen molar-refractivity contribution in [1.29, 1.82) is 0 Å². The highest BCUT2D eigenvalue weighted by Crippen LogP contribution is 2.31. The van der Waals surface area contributed by atoms with Gasteiger partial charge in [0.1, 0.15) is 17.9 Å². The predicted molar refractivity (Wildman–Crippen MR) is 127 cm³/mol. The average Bonchev–Trinajstić information content (AvgIpc) is 3.26. The van der Waals surface area contributed by atoms with Crippen molar-refractivity contribution >= 4 is 23.4 Å². The molecule has 1 saturated heterocycles. The number of anilines is 3. The summed E-state index contributed by atoms with van der Waals surface area (Å²) < 4.78 is 6.92. The molecule has 1 aromatic carbocycles. The highest BCUT2D eigenvalue weighted by atomic mass is 16.5. The van der Waals surface area contributed by atoms with E-state index in [0.717, 1.165) is 12.8 Å². The molecule has 0 saturated carbocycles. The van der Waals surface area contributed by atoms with Gasteiger partial charge in [-0.1, -0.05) is 0 Å². The molecule has 0 aliphatic carbocycles. The third kappa shape index (κ3) is 5.39. The monoisotopic (exact) mass is 466 g/mol. The molecule has 4 rings (SSSR count). The van der Waals surface area contributed by atoms with Gasteiger partial charge in [-0.15, -0.1) is 5.10 Å². The number of rotatable bonds is 7. The van der Waals surface area contributed by atoms with E-state index < -0.39 is 5.91 Å². The molecular formula is C22H30N10O2. The number of nitrogens with one attached hydrogen (secondary N) is 3. The average molecular weight is 467 g/mol. The van der Waals surface area contributed by atoms with E-state index in [4.69, 9.17) is 10.5 Å². The summed E-state index contributed by atoms with van der Waals surface area (Å²) in [6, 6.07) is 5.52. The first kappa shape index (κ1) is 23.4. The molecule has 1 fully saturated rings. The summed E-state index contributed by atoms with van der Waals surface area (Å²) in [5.41, 5.74) is 7.05. The number of methoxy groups -OCH3 is 1. The molecule has 34 heavy (non-hydrogen) atoms. The number of piperidine rings is 1. The molecule has 1 aliphatic heterocycles. The fourth-order valence-corrected chi connectivity index (χ4v) is 4.66. The predicted octanol–water partition coefficient (Wildman–Crippen LogP) is 2.02. The molecule has 1 aliphatic rings. The smallest absolute Gasteiger partial charge is 0.254 e. The highest BCUT2D eigenvalue weighted by Gasteiger charge is 2.38. The van der Waals surface area contributed by atoms with Gasteiger partial charge in [-0.2, -0.15) is 4.98 Å². The first-order valence-electron chi connectivity index (χ1n) is 11.0. The largest absolute Gasteiger partial charge is 0.497 e. The van der Waals surface area contributed by atoms with E-state index in [1.165, 1.54) is 17.2 Å². The number of nitrogens with two attached hydrogens (primary N) is 1. The quantitative estimate of drug-likeness (QED) is 0.406. The van der Waals surface area contributed by atoms with Crippen LogP contribution in [0.25, 0.3) is 5.69 Å². The first-order chi connectivity index (χ1) is 16.0. The minimum Gasteiger partial charge on any atom is -0.497 e. The number of nitrogens with zero attached hydrogens (tertiary/aromatic N) is 6. The van der Waals surface area contributed by atoms with Crippen molar-refractivity contribution in [2.45, 2.75) is 57.7 Å². The second kappa shape index (κ2) is 8.86. The Bertz CT molecular complexity index is 1160. The maximum atomic E-state index is 12.1. The number of primary amides is 1. The van der Waals surface area contributed by atoms with Crippen LogP contribution in [-0.2, 0) is 0 Å². The maximum Gasteiger partial charge on any atom is 0.254 e. The molecule has 0 spiro atoms. The van der Waals surface area contributed by atoms with Crippen LogP contribution in [0, 0.1) is 0 Å². The number of ether oxygens (including phenoxy) is 1. The summed E-state index contributed by atoms with van der Waals surface area (Å²) in [5.74, 6) is 0.702. The molecule has 5 N–H and O–H groups in total. The SMILES string of the molecule is COc1cc(Nc2ncc(C(N)=O)c(NC3CC(C)(C)NC(C)(C)C3)n2)cc(-n2cnnn2)c1. The van der Waals surface area contributed by atoms with Gasteiger partial charge in [0, 0.05) is 41.1 Å². The van der Waals surface area contributed by atoms with Gasteiger partial charge in [0.2, 0.25) is 5.95 Å². The summed E-state index contributed by atoms with van der Waals surface area (Å²) in [6.45, 7) is 8.65. The van der Waals surface area contributed by atoms with E-state index in [-0.39, 0.29) is 22.7 Å². The Kier molecular flexibility index (Phi) is 6.09. The number of carbonyl (C=O) groups is 1. The molecule has 3 aromatic rings. The molecule has 12 heteroatoms. The van der Waals surface area contributed by atoms with Crippen molar-refractivity contribution in [1.82, 2.24) is 35.5 Å². The third-order valence-corrected chi connectivity index (χ3v) is 5.58. The molecule has 2 aromatic heterocycles. The van der Waals surface area contributed by atoms with Crippen LogP contribution in [0.4, 0.5) is 17.5 Å². The number of amides is 1. The first-order valence-corrected chi connectivity index (χ1v) is 11.0. The fraction of sp³-hybridized carbons (Fsp3) is 0.455. The number of hydrogen-bond acceptors (Lipinski definition) is 10. The Morgan fingerprint density at radius 1 is 1.21 bits per heavy atom. The van der Waals surface area contributed by atoms with Crippen LogP contribution in [0.3, 0.4) is 0 Å². The fourth-order valence-electron chi connectivity index (χ4n) is 4.66. The molecule has 0 bridgehead atoms. The highest BCUT2D eigenvalue weighted by molar-refractivity contribution is 5.97. The normalized spacial score (nSPS) is 17.2. The van der Waals surface area contributed by atoms with Gasteiger partial charge in [0.05, 0.1) is 18.4 Å². The van der Waals surface area contributed by atoms with Crippen LogP contribution in [-0.4, -0.2) is 60.3 Å². The summed E-state index contributed by atoms with van der Waals surface area (Å²) >= 11 is 0. The summed E-state index contributed by atoms with van der Waals surface area (Å²) in [7, 11) is 1.57. The molecular weight excluding hydrogens is 436 g/mol. The summed E-state index contributed by atoms with van der Waals surface area (Å²) in [4.78, 5) is 21.0. The topological polar surface area (TPSA) is 158 Å². The van der Waals surface area contributed by atoms with Crippen molar-refractivity contribution in [3.05, 3.63) is 36.3 Å². The van der Waals surface area contributed by atoms with Crippen molar-refractivity contribution in [3.8, 4) is 11.4 Å². The maximum absolute atomic E-state index is 12.1. The Morgan fingerprint density at radius 3 is 2.56 bits per heavy atom. The zero-order valence-corrected chi connectivity index (χ0v) is 20.0. The Morgan fingerprint density at radius 2 is 1.94 bits per heavy atom. The summed E-state index contributed by atoms with van der Waals surface area (Å²) in [6.07, 6.45) is 4.62. The summed E-state index contributed by atoms with van der Waals surface area (Å²) in [5, 5.41) is 21.5. The lowest BCUT2D eigenvalue weighted by Gasteiger charge is -2.46. The molecule has 0 atom stereocenters. The van der Waals surface area contributed by atoms with Crippen LogP contribution in [0.15, 0.2) is 30.7 Å². The molecule has 12 nitrogen and oxygen atoms in total. The molecule has 0 unspecified atom stereocenters. The van der Waals surface area contributed by atoms with Crippen LogP contribution < -0.4 is 26.4 Å². The Hall–Kier alpha value is -3.80. The molecule has 180 valence electrons. The number of tetrazole rings is 1. The molecule has 1 amide bonds. The van der Waals surface area contributed by atoms with E-state index in [0.29, 0.717) is 28.9 Å². The Balaban J connectivity index is 1.63. The Labute approximate surface area is 197 Å². The number of hydrogen-bond donors (Lipinski definition) is 4. The van der Waals surface area contributed by atoms with E-state index in [1.54, 1.807) is 19.2 Å². The third-order valence-electron chi connectivity index (χ3n) is 5.58. The molecule has 3 heterocycles. The van der Waals surface area contributed by atoms with Gasteiger partial charge in [-0.05, 0) is 57.0 Å². The lowest BCUT2D eigenvalue weighted by molar-refractivity contribution is 0.100. The second-order valence-corrected chi connectivity index (χ2v) is 9.76. The van der Waals surface area contributed by atoms with E-state index in [1.807, 2.05) is 6.07 Å². The van der Waals surface area contributed by atoms with Gasteiger partial charge < -0.3 is 26.4 Å². The van der Waals surface area contributed by atoms with Gasteiger partial charge in [-0.3, -0.25) is 4.79 Å². The number of aromatic nitrogens is 6. The van der Waals surface area contributed by atoms with Gasteiger partial charge in [0.25, 0.3) is 5.91 Å². The van der Waals surface area contributed by atoms with Crippen molar-refractivity contribution in [2.75, 3.05) is 17.7 Å². The zero-order chi connectivity index (χ0) is 24.5. The van der Waals surface area contributed by atoms with Crippen LogP contribution in [0.5, 0.6) is 5.75 Å². The van der Waals surface area contributed by atoms with Crippen molar-refractivity contribution in [2.24, 2.45) is 5.73 Å². The minimum atomic E-state index is -0.594. The van der Waals surface area contributed by atoms with E-state index in [9.17, 15) is 4.79 Å². The second-order valence-electron chi connectivity index (χ2n) is 9.76. The number of benzene rings is 1. The molecule has 0 radical (unpaired) electrons. The van der Waals surface area contributed by atoms with Crippen molar-refractivity contribution in [3.63, 3.8) is 0 Å². The minimum absolute atomic E-state index is 0.0758.